The predicted octanol–water partition coefficient (Wildman–Crippen LogP) is 2.99. The summed E-state index contributed by atoms with van der Waals surface area (Å²) >= 11 is 3.39. The number of hydrogen-bond donors (Lipinski definition) is 1. The van der Waals surface area contributed by atoms with E-state index in [-0.39, 0.29) is 5.92 Å². The van der Waals surface area contributed by atoms with Gasteiger partial charge in [0.05, 0.1) is 5.92 Å². The molecule has 17 heavy (non-hydrogen) atoms. The lowest BCUT2D eigenvalue weighted by atomic mass is 10.1. The molecule has 0 spiro atoms. The van der Waals surface area contributed by atoms with E-state index in [9.17, 15) is 4.79 Å². The first-order valence-corrected chi connectivity index (χ1v) is 6.48. The maximum absolute atomic E-state index is 10.9. The molecule has 0 aliphatic heterocycles. The summed E-state index contributed by atoms with van der Waals surface area (Å²) in [6, 6.07) is 8.08. The zero-order valence-corrected chi connectivity index (χ0v) is 11.8. The van der Waals surface area contributed by atoms with E-state index >= 15 is 0 Å². The van der Waals surface area contributed by atoms with Crippen molar-refractivity contribution in [1.82, 2.24) is 4.90 Å². The van der Waals surface area contributed by atoms with Crippen LogP contribution in [0, 0.1) is 5.92 Å². The molecule has 1 aromatic carbocycles. The van der Waals surface area contributed by atoms with Crippen LogP contribution in [0.5, 0.6) is 0 Å². The molecule has 3 nitrogen and oxygen atoms in total. The van der Waals surface area contributed by atoms with Crippen LogP contribution in [0.4, 0.5) is 0 Å². The van der Waals surface area contributed by atoms with Crippen LogP contribution in [0.25, 0.3) is 0 Å². The molecule has 0 aliphatic carbocycles. The number of carboxylic acid groups (broad SMARTS) is 1. The first-order valence-electron chi connectivity index (χ1n) is 5.68. The van der Waals surface area contributed by atoms with Gasteiger partial charge in [0.15, 0.2) is 0 Å². The molecule has 0 radical (unpaired) electrons. The van der Waals surface area contributed by atoms with E-state index in [1.165, 1.54) is 5.56 Å². The highest BCUT2D eigenvalue weighted by molar-refractivity contribution is 9.10. The molecule has 0 aliphatic rings. The first kappa shape index (κ1) is 14.2. The van der Waals surface area contributed by atoms with Gasteiger partial charge in [0.1, 0.15) is 0 Å². The molecule has 0 saturated carbocycles. The Balaban J connectivity index is 2.51. The van der Waals surface area contributed by atoms with Crippen LogP contribution in [-0.2, 0) is 11.3 Å². The minimum atomic E-state index is -0.713. The second-order valence-electron chi connectivity index (χ2n) is 4.27. The number of hydrogen-bond acceptors (Lipinski definition) is 2. The molecule has 1 rings (SSSR count). The maximum atomic E-state index is 10.9. The Bertz CT molecular complexity index is 364. The van der Waals surface area contributed by atoms with Gasteiger partial charge in [-0.05, 0) is 31.2 Å². The van der Waals surface area contributed by atoms with Crippen LogP contribution in [0.3, 0.4) is 0 Å². The van der Waals surface area contributed by atoms with Gasteiger partial charge in [0.25, 0.3) is 0 Å². The van der Waals surface area contributed by atoms with Crippen LogP contribution in [0.1, 0.15) is 18.9 Å². The highest BCUT2D eigenvalue weighted by Crippen LogP contribution is 2.13. The van der Waals surface area contributed by atoms with Gasteiger partial charge in [-0.3, -0.25) is 4.79 Å². The van der Waals surface area contributed by atoms with Crippen molar-refractivity contribution >= 4 is 21.9 Å². The average molecular weight is 300 g/mol. The number of rotatable bonds is 6. The Labute approximate surface area is 111 Å². The maximum Gasteiger partial charge on any atom is 0.307 e. The van der Waals surface area contributed by atoms with Crippen molar-refractivity contribution in [3.63, 3.8) is 0 Å². The van der Waals surface area contributed by atoms with Gasteiger partial charge >= 0.3 is 5.97 Å². The van der Waals surface area contributed by atoms with Gasteiger partial charge in [0.2, 0.25) is 0 Å². The van der Waals surface area contributed by atoms with Gasteiger partial charge in [-0.15, -0.1) is 0 Å². The summed E-state index contributed by atoms with van der Waals surface area (Å²) in [5.74, 6) is -0.995. The summed E-state index contributed by atoms with van der Waals surface area (Å²) in [5, 5.41) is 8.99. The van der Waals surface area contributed by atoms with E-state index in [4.69, 9.17) is 5.11 Å². The Kier molecular flexibility index (Phi) is 5.65. The van der Waals surface area contributed by atoms with Crippen LogP contribution in [0.15, 0.2) is 28.7 Å². The molecule has 1 unspecified atom stereocenters. The Hall–Kier alpha value is -0.870. The summed E-state index contributed by atoms with van der Waals surface area (Å²) in [6.07, 6.45) is 0.667. The molecule has 0 heterocycles. The zero-order valence-electron chi connectivity index (χ0n) is 10.2. The van der Waals surface area contributed by atoms with Crippen LogP contribution in [0.2, 0.25) is 0 Å². The smallest absolute Gasteiger partial charge is 0.307 e. The van der Waals surface area contributed by atoms with E-state index in [1.807, 2.05) is 43.1 Å². The van der Waals surface area contributed by atoms with E-state index in [0.717, 1.165) is 11.0 Å². The monoisotopic (exact) mass is 299 g/mol. The second-order valence-corrected chi connectivity index (χ2v) is 5.18. The lowest BCUT2D eigenvalue weighted by molar-refractivity contribution is -0.142. The third-order valence-corrected chi connectivity index (χ3v) is 3.27. The van der Waals surface area contributed by atoms with Crippen molar-refractivity contribution in [3.05, 3.63) is 34.3 Å². The third-order valence-electron chi connectivity index (χ3n) is 2.74. The molecule has 0 saturated heterocycles. The van der Waals surface area contributed by atoms with Gasteiger partial charge in [-0.2, -0.15) is 0 Å². The molecule has 4 heteroatoms. The SMILES string of the molecule is CCC(CN(C)Cc1ccc(Br)cc1)C(=O)O. The Morgan fingerprint density at radius 2 is 2.00 bits per heavy atom. The van der Waals surface area contributed by atoms with Gasteiger partial charge in [-0.25, -0.2) is 0 Å². The minimum Gasteiger partial charge on any atom is -0.481 e. The molecule has 1 aromatic rings. The summed E-state index contributed by atoms with van der Waals surface area (Å²) in [4.78, 5) is 13.0. The largest absolute Gasteiger partial charge is 0.481 e. The summed E-state index contributed by atoms with van der Waals surface area (Å²) in [5.41, 5.74) is 1.19. The first-order chi connectivity index (χ1) is 8.02. The fraction of sp³-hybridized carbons (Fsp3) is 0.462. The number of benzene rings is 1. The normalized spacial score (nSPS) is 12.7. The fourth-order valence-electron chi connectivity index (χ4n) is 1.72. The van der Waals surface area contributed by atoms with Crippen molar-refractivity contribution < 1.29 is 9.90 Å². The number of halogens is 1. The zero-order chi connectivity index (χ0) is 12.8. The summed E-state index contributed by atoms with van der Waals surface area (Å²) < 4.78 is 1.06. The van der Waals surface area contributed by atoms with Crippen molar-refractivity contribution in [1.29, 1.82) is 0 Å². The fourth-order valence-corrected chi connectivity index (χ4v) is 1.99. The van der Waals surface area contributed by atoms with Crippen LogP contribution in [-0.4, -0.2) is 29.6 Å². The Morgan fingerprint density at radius 3 is 2.47 bits per heavy atom. The van der Waals surface area contributed by atoms with E-state index in [0.29, 0.717) is 13.0 Å². The minimum absolute atomic E-state index is 0.282. The van der Waals surface area contributed by atoms with Crippen molar-refractivity contribution in [2.45, 2.75) is 19.9 Å². The van der Waals surface area contributed by atoms with E-state index in [1.54, 1.807) is 0 Å². The molecule has 0 aromatic heterocycles. The predicted molar refractivity (Wildman–Crippen MR) is 71.9 cm³/mol. The van der Waals surface area contributed by atoms with Gasteiger partial charge in [0, 0.05) is 17.6 Å². The molecular formula is C13H18BrNO2. The van der Waals surface area contributed by atoms with Crippen LogP contribution >= 0.6 is 15.9 Å². The molecular weight excluding hydrogens is 282 g/mol. The second kappa shape index (κ2) is 6.77. The van der Waals surface area contributed by atoms with Crippen molar-refractivity contribution in [3.8, 4) is 0 Å². The van der Waals surface area contributed by atoms with Crippen molar-refractivity contribution in [2.75, 3.05) is 13.6 Å². The highest BCUT2D eigenvalue weighted by atomic mass is 79.9. The molecule has 1 atom stereocenters. The summed E-state index contributed by atoms with van der Waals surface area (Å²) in [7, 11) is 1.95. The standard InChI is InChI=1S/C13H18BrNO2/c1-3-11(13(16)17)9-15(2)8-10-4-6-12(14)7-5-10/h4-7,11H,3,8-9H2,1-2H3,(H,16,17). The lowest BCUT2D eigenvalue weighted by Crippen LogP contribution is -2.29. The average Bonchev–Trinajstić information content (AvgIpc) is 2.28. The molecule has 0 fully saturated rings. The van der Waals surface area contributed by atoms with E-state index in [2.05, 4.69) is 15.9 Å². The van der Waals surface area contributed by atoms with E-state index < -0.39 is 5.97 Å². The lowest BCUT2D eigenvalue weighted by Gasteiger charge is -2.20. The molecule has 1 N–H and O–H groups in total. The van der Waals surface area contributed by atoms with Gasteiger partial charge in [-0.1, -0.05) is 35.0 Å². The number of aliphatic carboxylic acids is 1. The highest BCUT2D eigenvalue weighted by Gasteiger charge is 2.17. The number of carbonyl (C=O) groups is 1. The topological polar surface area (TPSA) is 40.5 Å². The summed E-state index contributed by atoms with van der Waals surface area (Å²) in [6.45, 7) is 3.27. The molecule has 0 bridgehead atoms. The third kappa shape index (κ3) is 4.88. The number of nitrogens with zero attached hydrogens (tertiary/aromatic N) is 1. The van der Waals surface area contributed by atoms with Crippen molar-refractivity contribution in [2.24, 2.45) is 5.92 Å². The Morgan fingerprint density at radius 1 is 1.41 bits per heavy atom. The molecule has 0 amide bonds. The van der Waals surface area contributed by atoms with Gasteiger partial charge < -0.3 is 10.0 Å². The molecule has 94 valence electrons. The number of carboxylic acids is 1. The quantitative estimate of drug-likeness (QED) is 0.878. The van der Waals surface area contributed by atoms with Crippen LogP contribution < -0.4 is 0 Å².